The number of phenolic OH excluding ortho intramolecular Hbond substituents is 1. The summed E-state index contributed by atoms with van der Waals surface area (Å²) in [4.78, 5) is 66.1. The second-order valence-electron chi connectivity index (χ2n) is 23.0. The van der Waals surface area contributed by atoms with Crippen molar-refractivity contribution in [3.8, 4) is 27.4 Å². The molecule has 18 heteroatoms. The number of aryl methyl sites for hydroxylation is 1. The maximum absolute atomic E-state index is 14.3. The number of nitrogens with zero attached hydrogens (tertiary/aromatic N) is 9. The van der Waals surface area contributed by atoms with Gasteiger partial charge in [-0.1, -0.05) is 57.2 Å². The Bertz CT molecular complexity index is 2850. The normalized spacial score (nSPS) is 27.2. The van der Waals surface area contributed by atoms with Gasteiger partial charge in [-0.3, -0.25) is 19.3 Å². The Kier molecular flexibility index (Phi) is 13.6. The number of piperazine rings is 1. The molecule has 390 valence electrons. The molecule has 1 spiro atoms. The molecule has 2 unspecified atom stereocenters. The number of anilines is 3. The highest BCUT2D eigenvalue weighted by atomic mass is 32.1. The second kappa shape index (κ2) is 20.1. The third-order valence-corrected chi connectivity index (χ3v) is 18.3. The van der Waals surface area contributed by atoms with Gasteiger partial charge in [0.25, 0.3) is 0 Å². The lowest BCUT2D eigenvalue weighted by molar-refractivity contribution is -0.146. The van der Waals surface area contributed by atoms with Gasteiger partial charge in [0.1, 0.15) is 17.8 Å². The summed E-state index contributed by atoms with van der Waals surface area (Å²) in [6, 6.07) is 16.5. The van der Waals surface area contributed by atoms with Crippen LogP contribution in [-0.2, 0) is 20.9 Å². The van der Waals surface area contributed by atoms with Crippen molar-refractivity contribution >= 4 is 46.5 Å². The summed E-state index contributed by atoms with van der Waals surface area (Å²) in [5, 5.41) is 40.0. The van der Waals surface area contributed by atoms with E-state index in [0.29, 0.717) is 23.8 Å². The topological polar surface area (TPSA) is 205 Å². The minimum absolute atomic E-state index is 0.0453. The number of hydrogen-bond donors (Lipinski definition) is 5. The minimum Gasteiger partial charge on any atom is -0.507 e. The molecule has 5 N–H and O–H groups in total. The first-order chi connectivity index (χ1) is 35.6. The SMILES string of the molecule is Cc1ncsc1-c1ccc(CNC(=O)[C@@H]2C[C@@H](O)CN2C(=O)[C@@H](NC(=O)C2CC3(CCC(N4CCN(c5cnc(N6CCC7Nc8nnc(-c9ccccc9O)cc8C7[C@H]6C)nc5)CC4)CC3)C2)C(C)(C)C)cc1. The summed E-state index contributed by atoms with van der Waals surface area (Å²) in [5.74, 6) is 1.02. The van der Waals surface area contributed by atoms with Crippen molar-refractivity contribution < 1.29 is 24.6 Å². The number of carbonyl (C=O) groups is 3. The van der Waals surface area contributed by atoms with Gasteiger partial charge in [-0.25, -0.2) is 15.0 Å². The number of para-hydroxylation sites is 1. The molecule has 74 heavy (non-hydrogen) atoms. The summed E-state index contributed by atoms with van der Waals surface area (Å²) in [7, 11) is 0. The largest absolute Gasteiger partial charge is 0.507 e. The molecule has 5 aromatic rings. The molecular formula is C56H70N12O5S. The van der Waals surface area contributed by atoms with E-state index in [2.05, 4.69) is 58.8 Å². The van der Waals surface area contributed by atoms with Crippen molar-refractivity contribution in [2.24, 2.45) is 16.7 Å². The fourth-order valence-corrected chi connectivity index (χ4v) is 13.9. The van der Waals surface area contributed by atoms with E-state index in [1.807, 2.05) is 88.1 Å². The van der Waals surface area contributed by atoms with Crippen molar-refractivity contribution in [3.63, 3.8) is 0 Å². The number of hydrogen-bond acceptors (Lipinski definition) is 15. The number of aliphatic hydroxyl groups excluding tert-OH is 1. The van der Waals surface area contributed by atoms with Crippen LogP contribution in [0.15, 0.2) is 72.5 Å². The van der Waals surface area contributed by atoms with Crippen molar-refractivity contribution in [2.75, 3.05) is 54.4 Å². The molecule has 17 nitrogen and oxygen atoms in total. The van der Waals surface area contributed by atoms with Crippen LogP contribution in [0.4, 0.5) is 17.5 Å². The predicted octanol–water partition coefficient (Wildman–Crippen LogP) is 6.52. The second-order valence-corrected chi connectivity index (χ2v) is 23.9. The Balaban J connectivity index is 0.635. The van der Waals surface area contributed by atoms with Crippen LogP contribution in [0.25, 0.3) is 21.7 Å². The molecule has 6 atom stereocenters. The average Bonchev–Trinajstić information content (AvgIpc) is 4.12. The van der Waals surface area contributed by atoms with E-state index < -0.39 is 23.6 Å². The summed E-state index contributed by atoms with van der Waals surface area (Å²) >= 11 is 1.59. The summed E-state index contributed by atoms with van der Waals surface area (Å²) in [5.41, 5.74) is 7.85. The first-order valence-corrected chi connectivity index (χ1v) is 27.6. The van der Waals surface area contributed by atoms with Gasteiger partial charge in [0.15, 0.2) is 5.82 Å². The lowest BCUT2D eigenvalue weighted by Crippen LogP contribution is -2.60. The number of phenols is 1. The van der Waals surface area contributed by atoms with Gasteiger partial charge in [-0.2, -0.15) is 0 Å². The van der Waals surface area contributed by atoms with Gasteiger partial charge in [0, 0.05) is 93.3 Å². The molecule has 5 fully saturated rings. The van der Waals surface area contributed by atoms with Crippen molar-refractivity contribution in [1.82, 2.24) is 45.6 Å². The van der Waals surface area contributed by atoms with E-state index in [9.17, 15) is 24.6 Å². The molecule has 7 heterocycles. The zero-order valence-electron chi connectivity index (χ0n) is 43.2. The van der Waals surface area contributed by atoms with E-state index in [1.165, 1.54) is 4.90 Å². The Morgan fingerprint density at radius 3 is 2.34 bits per heavy atom. The summed E-state index contributed by atoms with van der Waals surface area (Å²) in [6.07, 6.45) is 10.3. The number of nitrogens with one attached hydrogen (secondary N) is 3. The van der Waals surface area contributed by atoms with Crippen molar-refractivity contribution in [1.29, 1.82) is 0 Å². The third kappa shape index (κ3) is 9.80. The maximum Gasteiger partial charge on any atom is 0.246 e. The molecule has 0 bridgehead atoms. The predicted molar refractivity (Wildman–Crippen MR) is 286 cm³/mol. The van der Waals surface area contributed by atoms with Crippen molar-refractivity contribution in [3.05, 3.63) is 89.3 Å². The maximum atomic E-state index is 14.3. The van der Waals surface area contributed by atoms with Gasteiger partial charge in [0.05, 0.1) is 46.0 Å². The van der Waals surface area contributed by atoms with E-state index in [4.69, 9.17) is 9.97 Å². The fraction of sp³-hybridized carbons (Fsp3) is 0.536. The monoisotopic (exact) mass is 1020 g/mol. The number of thiazole rings is 1. The molecule has 2 aromatic carbocycles. The number of aromatic hydroxyl groups is 1. The molecule has 3 aromatic heterocycles. The van der Waals surface area contributed by atoms with E-state index in [-0.39, 0.29) is 65.8 Å². The Hall–Kier alpha value is -6.24. The smallest absolute Gasteiger partial charge is 0.246 e. The minimum atomic E-state index is -0.841. The number of piperidine rings is 1. The number of β-amino-alcohol motifs (C(OH)–C–C–N with tert-alkyl or cyclic N) is 1. The highest BCUT2D eigenvalue weighted by molar-refractivity contribution is 7.13. The zero-order chi connectivity index (χ0) is 51.5. The highest BCUT2D eigenvalue weighted by Crippen LogP contribution is 2.55. The van der Waals surface area contributed by atoms with Crippen LogP contribution >= 0.6 is 11.3 Å². The number of aliphatic hydroxyl groups is 1. The molecule has 2 saturated carbocycles. The number of carbonyl (C=O) groups excluding carboxylic acids is 3. The van der Waals surface area contributed by atoms with Gasteiger partial charge in [0.2, 0.25) is 23.7 Å². The lowest BCUT2D eigenvalue weighted by atomic mass is 9.55. The van der Waals surface area contributed by atoms with Gasteiger partial charge < -0.3 is 40.9 Å². The standard InChI is InChI=1S/C56H70N12O5S/c1-33-48(74-32-60-33)36-12-10-35(11-13-36)28-57-52(72)45-24-40(69)31-68(45)53(73)49(55(3,4)5)62-51(71)37-26-56(27-37)17-14-38(15-18-56)65-20-22-66(23-21-65)39-29-58-54(59-30-39)67-19-16-43-47(34(67)2)42-25-44(63-64-50(42)61-43)41-8-6-7-9-46(41)70/h6-13,25,29-30,32,34,37-38,40,43,45,47,49,69-70H,14-24,26-28,31H2,1-5H3,(H,57,72)(H,61,64)(H,62,71)/t34-,37?,38?,40-,43?,45+,47?,49-,56?/m1/s1. The molecule has 6 aliphatic rings. The van der Waals surface area contributed by atoms with Crippen LogP contribution in [0.1, 0.15) is 102 Å². The van der Waals surface area contributed by atoms with Crippen molar-refractivity contribution in [2.45, 2.75) is 135 Å². The number of likely N-dealkylation sites (tertiary alicyclic amines) is 1. The van der Waals surface area contributed by atoms with Gasteiger partial charge in [-0.15, -0.1) is 21.5 Å². The molecule has 3 amide bonds. The zero-order valence-corrected chi connectivity index (χ0v) is 44.0. The molecule has 4 aliphatic heterocycles. The Labute approximate surface area is 437 Å². The quantitative estimate of drug-likeness (QED) is 0.0957. The third-order valence-electron chi connectivity index (χ3n) is 17.3. The highest BCUT2D eigenvalue weighted by Gasteiger charge is 2.51. The molecule has 2 aliphatic carbocycles. The van der Waals surface area contributed by atoms with Crippen LogP contribution in [0, 0.1) is 23.7 Å². The van der Waals surface area contributed by atoms with Crippen LogP contribution in [-0.4, -0.2) is 138 Å². The molecule has 0 radical (unpaired) electrons. The number of amides is 3. The Morgan fingerprint density at radius 1 is 0.919 bits per heavy atom. The summed E-state index contributed by atoms with van der Waals surface area (Å²) < 4.78 is 0. The lowest BCUT2D eigenvalue weighted by Gasteiger charge is -2.53. The van der Waals surface area contributed by atoms with Crippen LogP contribution in [0.5, 0.6) is 5.75 Å². The first-order valence-electron chi connectivity index (χ1n) is 26.7. The van der Waals surface area contributed by atoms with E-state index in [0.717, 1.165) is 122 Å². The number of rotatable bonds is 11. The number of aromatic nitrogens is 5. The number of benzene rings is 2. The Morgan fingerprint density at radius 2 is 1.65 bits per heavy atom. The van der Waals surface area contributed by atoms with E-state index >= 15 is 0 Å². The average molecular weight is 1020 g/mol. The van der Waals surface area contributed by atoms with Gasteiger partial charge in [-0.05, 0) is 98.9 Å². The van der Waals surface area contributed by atoms with Crippen LogP contribution in [0.3, 0.4) is 0 Å². The molecule has 11 rings (SSSR count). The van der Waals surface area contributed by atoms with Crippen LogP contribution in [0.2, 0.25) is 0 Å². The fourth-order valence-electron chi connectivity index (χ4n) is 13.1. The van der Waals surface area contributed by atoms with E-state index in [1.54, 1.807) is 17.4 Å². The summed E-state index contributed by atoms with van der Waals surface area (Å²) in [6.45, 7) is 15.0. The van der Waals surface area contributed by atoms with Crippen LogP contribution < -0.4 is 25.8 Å². The van der Waals surface area contributed by atoms with Gasteiger partial charge >= 0.3 is 0 Å². The number of fused-ring (bicyclic) bond motifs is 3. The first kappa shape index (κ1) is 49.9. The molecule has 3 saturated heterocycles. The molecular weight excluding hydrogens is 953 g/mol.